The minimum atomic E-state index is -2.76. The molecule has 1 fully saturated rings. The van der Waals surface area contributed by atoms with Crippen molar-refractivity contribution in [3.8, 4) is 0 Å². The highest BCUT2D eigenvalue weighted by atomic mass is 28.4. The molecule has 8 heteroatoms. The Morgan fingerprint density at radius 1 is 0.857 bits per heavy atom. The zero-order valence-electron chi connectivity index (χ0n) is 29.0. The van der Waals surface area contributed by atoms with Gasteiger partial charge in [0.05, 0.1) is 18.3 Å². The normalized spacial score (nSPS) is 23.5. The van der Waals surface area contributed by atoms with Crippen molar-refractivity contribution >= 4 is 28.6 Å². The quantitative estimate of drug-likeness (QED) is 0.224. The van der Waals surface area contributed by atoms with Crippen LogP contribution < -0.4 is 0 Å². The smallest absolute Gasteiger partial charge is 0.349 e. The first-order valence-corrected chi connectivity index (χ1v) is 19.7. The molecule has 0 N–H and O–H groups in total. The summed E-state index contributed by atoms with van der Waals surface area (Å²) in [6, 6.07) is 7.45. The first-order valence-electron chi connectivity index (χ1n) is 15.8. The molecule has 0 unspecified atom stereocenters. The van der Waals surface area contributed by atoms with E-state index >= 15 is 0 Å². The third kappa shape index (κ3) is 6.78. The maximum Gasteiger partial charge on any atom is 0.349 e. The fourth-order valence-corrected chi connectivity index (χ4v) is 17.8. The molecule has 3 atom stereocenters. The fraction of sp³-hybridized carbons (Fsp3) is 0.735. The number of ether oxygens (including phenoxy) is 2. The first-order chi connectivity index (χ1) is 19.1. The van der Waals surface area contributed by atoms with Crippen LogP contribution in [0.2, 0.25) is 26.7 Å². The van der Waals surface area contributed by atoms with Crippen LogP contribution in [0.25, 0.3) is 5.76 Å². The van der Waals surface area contributed by atoms with Crippen LogP contribution in [0, 0.1) is 0 Å². The van der Waals surface area contributed by atoms with Gasteiger partial charge in [0.2, 0.25) is 8.32 Å². The second kappa shape index (κ2) is 12.1. The van der Waals surface area contributed by atoms with Gasteiger partial charge in [0.25, 0.3) is 0 Å². The van der Waals surface area contributed by atoms with E-state index in [1.54, 1.807) is 12.1 Å². The molecule has 0 radical (unpaired) electrons. The van der Waals surface area contributed by atoms with Crippen LogP contribution in [0.1, 0.15) is 120 Å². The van der Waals surface area contributed by atoms with E-state index in [2.05, 4.69) is 89.2 Å². The van der Waals surface area contributed by atoms with E-state index in [1.165, 1.54) is 0 Å². The topological polar surface area (TPSA) is 63.2 Å². The molecule has 0 aromatic heterocycles. The van der Waals surface area contributed by atoms with Crippen LogP contribution >= 0.6 is 0 Å². The van der Waals surface area contributed by atoms with Crippen molar-refractivity contribution in [3.63, 3.8) is 0 Å². The fourth-order valence-electron chi connectivity index (χ4n) is 7.35. The van der Waals surface area contributed by atoms with Crippen LogP contribution in [-0.4, -0.2) is 53.4 Å². The number of rotatable bonds is 7. The van der Waals surface area contributed by atoms with Gasteiger partial charge >= 0.3 is 14.5 Å². The summed E-state index contributed by atoms with van der Waals surface area (Å²) < 4.78 is 33.8. The molecule has 0 saturated carbocycles. The van der Waals surface area contributed by atoms with Crippen molar-refractivity contribution in [1.82, 2.24) is 0 Å². The predicted molar refractivity (Wildman–Crippen MR) is 176 cm³/mol. The number of carbonyl (C=O) groups excluding carboxylic acids is 1. The van der Waals surface area contributed by atoms with Crippen molar-refractivity contribution in [1.29, 1.82) is 0 Å². The van der Waals surface area contributed by atoms with E-state index < -0.39 is 22.5 Å². The lowest BCUT2D eigenvalue weighted by Gasteiger charge is -2.57. The largest absolute Gasteiger partial charge is 0.485 e. The molecule has 2 heterocycles. The molecule has 6 nitrogen and oxygen atoms in total. The molecule has 3 rings (SSSR count). The van der Waals surface area contributed by atoms with E-state index in [9.17, 15) is 4.79 Å². The van der Waals surface area contributed by atoms with E-state index in [0.717, 1.165) is 11.3 Å². The highest BCUT2D eigenvalue weighted by Crippen LogP contribution is 2.56. The summed E-state index contributed by atoms with van der Waals surface area (Å²) in [5, 5.41) is -0.296. The van der Waals surface area contributed by atoms with Gasteiger partial charge in [0.15, 0.2) is 0 Å². The molecule has 2 aliphatic heterocycles. The molecule has 238 valence electrons. The molecule has 0 spiro atoms. The number of esters is 1. The number of hydrogen-bond donors (Lipinski definition) is 0. The minimum absolute atomic E-state index is 0.148. The molecule has 0 bridgehead atoms. The third-order valence-corrected chi connectivity index (χ3v) is 20.1. The van der Waals surface area contributed by atoms with Crippen LogP contribution in [0.3, 0.4) is 0 Å². The Bertz CT molecular complexity index is 1080. The van der Waals surface area contributed by atoms with Crippen LogP contribution in [0.15, 0.2) is 30.3 Å². The van der Waals surface area contributed by atoms with Gasteiger partial charge in [0.1, 0.15) is 23.6 Å². The summed E-state index contributed by atoms with van der Waals surface area (Å²) in [5.41, 5.74) is 2.13. The Labute approximate surface area is 258 Å². The standard InChI is InChI=1S/C34H58O6Si2/c1-22(2)41(23(3)4,24(5)6)39-28-20-27(25-16-18-26(19-17-25)31(35)38-32(7,8)9)37-29-21-36-42(33(10,11)12,34(13,14)15)40-30(28)29/h16-20,22-24,28-30H,21H2,1-15H3/t28-,29-,30+/m1/s1. The molecule has 1 saturated heterocycles. The highest BCUT2D eigenvalue weighted by Gasteiger charge is 2.64. The second-order valence-corrected chi connectivity index (χ2v) is 26.3. The number of benzene rings is 1. The molecule has 42 heavy (non-hydrogen) atoms. The van der Waals surface area contributed by atoms with Crippen molar-refractivity contribution < 1.29 is 27.5 Å². The van der Waals surface area contributed by atoms with Gasteiger partial charge in [-0.1, -0.05) is 95.2 Å². The summed E-state index contributed by atoms with van der Waals surface area (Å²) in [5.74, 6) is 0.402. The molecule has 1 aromatic carbocycles. The summed E-state index contributed by atoms with van der Waals surface area (Å²) in [7, 11) is -5.03. The molecule has 2 aliphatic rings. The summed E-state index contributed by atoms with van der Waals surface area (Å²) in [6.45, 7) is 33.4. The number of hydrogen-bond acceptors (Lipinski definition) is 6. The maximum absolute atomic E-state index is 12.6. The van der Waals surface area contributed by atoms with Crippen LogP contribution in [0.5, 0.6) is 0 Å². The third-order valence-electron chi connectivity index (χ3n) is 8.86. The zero-order chi connectivity index (χ0) is 32.1. The zero-order valence-corrected chi connectivity index (χ0v) is 31.0. The lowest BCUT2D eigenvalue weighted by Crippen LogP contribution is -2.68. The van der Waals surface area contributed by atoms with E-state index in [-0.39, 0.29) is 34.4 Å². The van der Waals surface area contributed by atoms with Gasteiger partial charge in [-0.2, -0.15) is 0 Å². The Balaban J connectivity index is 2.10. The Morgan fingerprint density at radius 3 is 1.79 bits per heavy atom. The predicted octanol–water partition coefficient (Wildman–Crippen LogP) is 9.40. The number of carbonyl (C=O) groups is 1. The van der Waals surface area contributed by atoms with Crippen molar-refractivity contribution in [2.75, 3.05) is 6.61 Å². The maximum atomic E-state index is 12.6. The van der Waals surface area contributed by atoms with Gasteiger partial charge in [-0.05, 0) is 55.6 Å². The lowest BCUT2D eigenvalue weighted by atomic mass is 10.0. The summed E-state index contributed by atoms with van der Waals surface area (Å²) in [6.07, 6.45) is 1.29. The van der Waals surface area contributed by atoms with Gasteiger partial charge < -0.3 is 22.8 Å². The van der Waals surface area contributed by atoms with Crippen molar-refractivity contribution in [3.05, 3.63) is 41.5 Å². The molecular formula is C34H58O6Si2. The monoisotopic (exact) mass is 618 g/mol. The second-order valence-electron chi connectivity index (χ2n) is 16.2. The Morgan fingerprint density at radius 2 is 1.36 bits per heavy atom. The van der Waals surface area contributed by atoms with Crippen molar-refractivity contribution in [2.24, 2.45) is 0 Å². The van der Waals surface area contributed by atoms with Crippen LogP contribution in [-0.2, 0) is 22.8 Å². The lowest BCUT2D eigenvalue weighted by molar-refractivity contribution is -0.113. The number of fused-ring (bicyclic) bond motifs is 1. The van der Waals surface area contributed by atoms with Gasteiger partial charge in [-0.3, -0.25) is 0 Å². The first kappa shape index (κ1) is 35.0. The average molecular weight is 619 g/mol. The molecule has 0 amide bonds. The van der Waals surface area contributed by atoms with Gasteiger partial charge in [-0.25, -0.2) is 4.79 Å². The molecular weight excluding hydrogens is 561 g/mol. The SMILES string of the molecule is CC(C)[Si](O[C@@H]1C=C(c2ccc(C(=O)OC(C)(C)C)cc2)O[C@@H]2CO[Si](C(C)(C)C)(C(C)(C)C)O[C@@H]12)(C(C)C)C(C)C. The van der Waals surface area contributed by atoms with Gasteiger partial charge in [0, 0.05) is 15.6 Å². The van der Waals surface area contributed by atoms with E-state index in [4.69, 9.17) is 22.8 Å². The summed E-state index contributed by atoms with van der Waals surface area (Å²) >= 11 is 0. The average Bonchev–Trinajstić information content (AvgIpc) is 2.83. The minimum Gasteiger partial charge on any atom is -0.485 e. The van der Waals surface area contributed by atoms with E-state index in [1.807, 2.05) is 32.9 Å². The van der Waals surface area contributed by atoms with Crippen molar-refractivity contribution in [2.45, 2.75) is 154 Å². The van der Waals surface area contributed by atoms with Crippen LogP contribution in [0.4, 0.5) is 0 Å². The van der Waals surface area contributed by atoms with Gasteiger partial charge in [-0.15, -0.1) is 0 Å². The highest BCUT2D eigenvalue weighted by molar-refractivity contribution is 6.77. The molecule has 0 aliphatic carbocycles. The molecule has 1 aromatic rings. The van der Waals surface area contributed by atoms with E-state index in [0.29, 0.717) is 28.8 Å². The summed E-state index contributed by atoms with van der Waals surface area (Å²) in [4.78, 5) is 12.6. The Hall–Kier alpha value is -1.46. The Kier molecular flexibility index (Phi) is 10.1.